The monoisotopic (exact) mass is 392 g/mol. The Labute approximate surface area is 173 Å². The zero-order valence-electron chi connectivity index (χ0n) is 17.6. The molecule has 0 aliphatic heterocycles. The van der Waals surface area contributed by atoms with Crippen LogP contribution in [0.3, 0.4) is 0 Å². The number of fused-ring (bicyclic) bond motifs is 5. The fourth-order valence-electron chi connectivity index (χ4n) is 7.59. The van der Waals surface area contributed by atoms with Crippen LogP contribution < -0.4 is 0 Å². The summed E-state index contributed by atoms with van der Waals surface area (Å²) >= 11 is 0. The van der Waals surface area contributed by atoms with Gasteiger partial charge in [0.15, 0.2) is 11.6 Å². The Morgan fingerprint density at radius 1 is 1.03 bits per heavy atom. The summed E-state index contributed by atoms with van der Waals surface area (Å²) in [6.45, 7) is 3.93. The first-order chi connectivity index (χ1) is 13.9. The molecule has 0 unspecified atom stereocenters. The van der Waals surface area contributed by atoms with Crippen molar-refractivity contribution < 1.29 is 14.7 Å². The minimum atomic E-state index is -0.211. The SMILES string of the molecule is CC(=O)c1ccc([C@H]2C[C@]3(C)[C@@H](O)CC[C@H]3[C@@H]3CCC4=CC(=O)CC[C@@H]4[C@H]32)cc1. The summed E-state index contributed by atoms with van der Waals surface area (Å²) in [7, 11) is 0. The zero-order valence-corrected chi connectivity index (χ0v) is 17.6. The van der Waals surface area contributed by atoms with E-state index in [0.717, 1.165) is 44.1 Å². The third kappa shape index (κ3) is 2.96. The molecule has 1 aromatic carbocycles. The molecule has 0 bridgehead atoms. The van der Waals surface area contributed by atoms with Crippen molar-refractivity contribution in [1.82, 2.24) is 0 Å². The van der Waals surface area contributed by atoms with E-state index in [1.807, 2.05) is 18.2 Å². The highest BCUT2D eigenvalue weighted by Gasteiger charge is 2.59. The van der Waals surface area contributed by atoms with Crippen LogP contribution in [0, 0.1) is 29.1 Å². The molecular formula is C26H32O3. The number of ketones is 2. The predicted molar refractivity (Wildman–Crippen MR) is 113 cm³/mol. The lowest BCUT2D eigenvalue weighted by Gasteiger charge is -2.57. The maximum atomic E-state index is 12.1. The van der Waals surface area contributed by atoms with Crippen LogP contribution in [0.5, 0.6) is 0 Å². The van der Waals surface area contributed by atoms with Gasteiger partial charge in [-0.25, -0.2) is 0 Å². The van der Waals surface area contributed by atoms with E-state index in [9.17, 15) is 14.7 Å². The molecule has 4 aliphatic carbocycles. The van der Waals surface area contributed by atoms with Crippen LogP contribution in [-0.4, -0.2) is 22.8 Å². The third-order valence-corrected chi connectivity index (χ3v) is 9.00. The van der Waals surface area contributed by atoms with Gasteiger partial charge in [0.2, 0.25) is 0 Å². The zero-order chi connectivity index (χ0) is 20.3. The quantitative estimate of drug-likeness (QED) is 0.714. The van der Waals surface area contributed by atoms with Crippen LogP contribution in [0.15, 0.2) is 35.9 Å². The smallest absolute Gasteiger partial charge is 0.159 e. The fraction of sp³-hybridized carbons (Fsp3) is 0.615. The first-order valence-electron chi connectivity index (χ1n) is 11.4. The van der Waals surface area contributed by atoms with Gasteiger partial charge < -0.3 is 5.11 Å². The lowest BCUT2D eigenvalue weighted by atomic mass is 9.48. The second-order valence-electron chi connectivity index (χ2n) is 10.3. The fourth-order valence-corrected chi connectivity index (χ4v) is 7.59. The predicted octanol–water partition coefficient (Wildman–Crippen LogP) is 5.09. The summed E-state index contributed by atoms with van der Waals surface area (Å²) in [5.41, 5.74) is 3.44. The van der Waals surface area contributed by atoms with Gasteiger partial charge in [0, 0.05) is 12.0 Å². The summed E-state index contributed by atoms with van der Waals surface area (Å²) in [5.74, 6) is 3.06. The highest BCUT2D eigenvalue weighted by atomic mass is 16.3. The molecule has 3 nitrogen and oxygen atoms in total. The molecule has 0 heterocycles. The molecule has 3 heteroatoms. The minimum Gasteiger partial charge on any atom is -0.393 e. The first-order valence-corrected chi connectivity index (χ1v) is 11.4. The van der Waals surface area contributed by atoms with Crippen LogP contribution in [-0.2, 0) is 4.79 Å². The Morgan fingerprint density at radius 3 is 2.52 bits per heavy atom. The Bertz CT molecular complexity index is 866. The van der Waals surface area contributed by atoms with E-state index in [-0.39, 0.29) is 17.3 Å². The van der Waals surface area contributed by atoms with Gasteiger partial charge in [-0.3, -0.25) is 9.59 Å². The van der Waals surface area contributed by atoms with Crippen molar-refractivity contribution in [2.75, 3.05) is 0 Å². The van der Waals surface area contributed by atoms with Gasteiger partial charge in [0.05, 0.1) is 6.10 Å². The van der Waals surface area contributed by atoms with Gasteiger partial charge in [0.1, 0.15) is 0 Å². The van der Waals surface area contributed by atoms with Gasteiger partial charge in [-0.2, -0.15) is 0 Å². The maximum Gasteiger partial charge on any atom is 0.159 e. The van der Waals surface area contributed by atoms with Crippen molar-refractivity contribution in [2.24, 2.45) is 29.1 Å². The molecule has 1 N–H and O–H groups in total. The third-order valence-electron chi connectivity index (χ3n) is 9.00. The molecular weight excluding hydrogens is 360 g/mol. The molecule has 154 valence electrons. The van der Waals surface area contributed by atoms with E-state index in [4.69, 9.17) is 0 Å². The summed E-state index contributed by atoms with van der Waals surface area (Å²) in [6.07, 6.45) is 8.68. The van der Waals surface area contributed by atoms with Crippen molar-refractivity contribution in [1.29, 1.82) is 0 Å². The molecule has 0 radical (unpaired) electrons. The second-order valence-corrected chi connectivity index (χ2v) is 10.3. The molecule has 0 spiro atoms. The summed E-state index contributed by atoms with van der Waals surface area (Å²) in [4.78, 5) is 23.8. The van der Waals surface area contributed by atoms with Crippen LogP contribution in [0.4, 0.5) is 0 Å². The number of hydrogen-bond acceptors (Lipinski definition) is 3. The number of Topliss-reactive ketones (excluding diaryl/α,β-unsaturated/α-hetero) is 1. The Hall–Kier alpha value is -1.74. The minimum absolute atomic E-state index is 0.0171. The van der Waals surface area contributed by atoms with Crippen molar-refractivity contribution in [3.8, 4) is 0 Å². The van der Waals surface area contributed by atoms with Crippen LogP contribution in [0.25, 0.3) is 0 Å². The van der Waals surface area contributed by atoms with Gasteiger partial charge in [-0.05, 0) is 92.1 Å². The number of hydrogen-bond donors (Lipinski definition) is 1. The van der Waals surface area contributed by atoms with E-state index in [1.165, 1.54) is 11.1 Å². The highest BCUT2D eigenvalue weighted by molar-refractivity contribution is 5.94. The van der Waals surface area contributed by atoms with E-state index in [0.29, 0.717) is 41.8 Å². The first kappa shape index (κ1) is 19.2. The summed E-state index contributed by atoms with van der Waals surface area (Å²) in [6, 6.07) is 8.23. The number of carbonyl (C=O) groups is 2. The Balaban J connectivity index is 1.57. The number of allylic oxidation sites excluding steroid dienone is 1. The average Bonchev–Trinajstić information content (AvgIpc) is 3.01. The van der Waals surface area contributed by atoms with Crippen molar-refractivity contribution in [2.45, 2.75) is 70.8 Å². The van der Waals surface area contributed by atoms with Gasteiger partial charge in [-0.1, -0.05) is 36.8 Å². The van der Waals surface area contributed by atoms with E-state index in [1.54, 1.807) is 6.92 Å². The Kier molecular flexibility index (Phi) is 4.58. The Morgan fingerprint density at radius 2 is 1.79 bits per heavy atom. The molecule has 5 rings (SSSR count). The number of aliphatic hydroxyl groups excluding tert-OH is 1. The molecule has 4 aliphatic rings. The van der Waals surface area contributed by atoms with Gasteiger partial charge in [0.25, 0.3) is 0 Å². The molecule has 1 aromatic rings. The van der Waals surface area contributed by atoms with Crippen molar-refractivity contribution in [3.63, 3.8) is 0 Å². The number of carbonyl (C=O) groups excluding carboxylic acids is 2. The normalized spacial score (nSPS) is 41.2. The summed E-state index contributed by atoms with van der Waals surface area (Å²) < 4.78 is 0. The molecule has 29 heavy (non-hydrogen) atoms. The van der Waals surface area contributed by atoms with Crippen LogP contribution in [0.2, 0.25) is 0 Å². The molecule has 0 amide bonds. The lowest BCUT2D eigenvalue weighted by Crippen LogP contribution is -2.50. The number of benzene rings is 1. The van der Waals surface area contributed by atoms with Crippen LogP contribution >= 0.6 is 0 Å². The topological polar surface area (TPSA) is 54.4 Å². The van der Waals surface area contributed by atoms with E-state index < -0.39 is 0 Å². The maximum absolute atomic E-state index is 12.1. The van der Waals surface area contributed by atoms with E-state index >= 15 is 0 Å². The van der Waals surface area contributed by atoms with Gasteiger partial charge >= 0.3 is 0 Å². The van der Waals surface area contributed by atoms with Crippen molar-refractivity contribution >= 4 is 11.6 Å². The molecule has 7 atom stereocenters. The largest absolute Gasteiger partial charge is 0.393 e. The molecule has 3 fully saturated rings. The number of aliphatic hydroxyl groups is 1. The molecule has 0 aromatic heterocycles. The van der Waals surface area contributed by atoms with Gasteiger partial charge in [-0.15, -0.1) is 0 Å². The molecule has 3 saturated carbocycles. The lowest BCUT2D eigenvalue weighted by molar-refractivity contribution is -0.116. The van der Waals surface area contributed by atoms with Crippen LogP contribution in [0.1, 0.15) is 80.6 Å². The number of rotatable bonds is 2. The molecule has 0 saturated heterocycles. The standard InChI is InChI=1S/C26H32O3/c1-15(27)16-3-5-17(6-4-16)22-14-26(2)23(11-12-24(26)29)21-9-7-18-13-19(28)8-10-20(18)25(21)22/h3-6,13,20-25,29H,7-12,14H2,1-2H3/t20-,21-,22+,23-,24-,25+,26-/m0/s1. The van der Waals surface area contributed by atoms with E-state index in [2.05, 4.69) is 19.1 Å². The summed E-state index contributed by atoms with van der Waals surface area (Å²) in [5, 5.41) is 10.9. The second kappa shape index (κ2) is 6.91. The van der Waals surface area contributed by atoms with Crippen molar-refractivity contribution in [3.05, 3.63) is 47.0 Å². The highest BCUT2D eigenvalue weighted by Crippen LogP contribution is 2.65. The average molecular weight is 393 g/mol.